The fourth-order valence-corrected chi connectivity index (χ4v) is 5.26. The van der Waals surface area contributed by atoms with Crippen LogP contribution in [0.3, 0.4) is 0 Å². The third-order valence-corrected chi connectivity index (χ3v) is 7.48. The number of allylic oxidation sites excluding steroid dienone is 4. The van der Waals surface area contributed by atoms with Crippen LogP contribution in [-0.2, 0) is 4.57 Å². The van der Waals surface area contributed by atoms with Gasteiger partial charge in [0.1, 0.15) is 6.54 Å². The second-order valence-electron chi connectivity index (χ2n) is 10.7. The lowest BCUT2D eigenvalue weighted by Gasteiger charge is -2.35. The van der Waals surface area contributed by atoms with Crippen molar-refractivity contribution in [2.45, 2.75) is 121 Å². The minimum absolute atomic E-state index is 0.0525. The average Bonchev–Trinajstić information content (AvgIpc) is 2.70. The molecule has 5 nitrogen and oxygen atoms in total. The molecular weight excluding hydrogens is 433 g/mol. The Bertz CT molecular complexity index is 565. The summed E-state index contributed by atoms with van der Waals surface area (Å²) in [7, 11) is 0.955. The van der Waals surface area contributed by atoms with Crippen molar-refractivity contribution in [1.82, 2.24) is 0 Å². The molecule has 196 valence electrons. The van der Waals surface area contributed by atoms with Crippen LogP contribution in [0, 0.1) is 0 Å². The lowest BCUT2D eigenvalue weighted by Crippen LogP contribution is -2.49. The van der Waals surface area contributed by atoms with Crippen LogP contribution in [0.25, 0.3) is 0 Å². The van der Waals surface area contributed by atoms with Crippen molar-refractivity contribution in [2.75, 3.05) is 27.7 Å². The first-order chi connectivity index (χ1) is 15.5. The molecule has 0 aliphatic heterocycles. The van der Waals surface area contributed by atoms with Crippen molar-refractivity contribution < 1.29 is 23.9 Å². The molecule has 0 heterocycles. The first-order valence-electron chi connectivity index (χ1n) is 13.4. The molecule has 0 spiro atoms. The fraction of sp³-hybridized carbons (Fsp3) is 0.852. The maximum Gasteiger partial charge on any atom is 0.362 e. The summed E-state index contributed by atoms with van der Waals surface area (Å²) in [4.78, 5) is 19.2. The van der Waals surface area contributed by atoms with Gasteiger partial charge in [0.2, 0.25) is 5.34 Å². The Labute approximate surface area is 205 Å². The number of hydrogen-bond acceptors (Lipinski definition) is 2. The third kappa shape index (κ3) is 19.5. The Morgan fingerprint density at radius 3 is 1.39 bits per heavy atom. The summed E-state index contributed by atoms with van der Waals surface area (Å²) in [5.74, 6) is 0. The van der Waals surface area contributed by atoms with Crippen LogP contribution in [-0.4, -0.2) is 52.4 Å². The van der Waals surface area contributed by atoms with E-state index in [1.165, 1.54) is 64.2 Å². The molecule has 0 aromatic rings. The Morgan fingerprint density at radius 2 is 1.03 bits per heavy atom. The molecule has 0 amide bonds. The molecule has 0 saturated heterocycles. The van der Waals surface area contributed by atoms with Crippen molar-refractivity contribution in [2.24, 2.45) is 0 Å². The number of nitrogens with zero attached hydrogens (tertiary/aromatic N) is 1. The van der Waals surface area contributed by atoms with Crippen molar-refractivity contribution in [3.63, 3.8) is 0 Å². The zero-order chi connectivity index (χ0) is 25.1. The monoisotopic (exact) mass is 488 g/mol. The van der Waals surface area contributed by atoms with E-state index in [0.29, 0.717) is 10.9 Å². The molecule has 0 radical (unpaired) electrons. The van der Waals surface area contributed by atoms with Gasteiger partial charge in [-0.2, -0.15) is 0 Å². The summed E-state index contributed by atoms with van der Waals surface area (Å²) in [5, 5.41) is 8.62. The summed E-state index contributed by atoms with van der Waals surface area (Å²) in [6, 6.07) is 0. The first kappa shape index (κ1) is 32.5. The summed E-state index contributed by atoms with van der Waals surface area (Å²) < 4.78 is 12.1. The quantitative estimate of drug-likeness (QED) is 0.0645. The van der Waals surface area contributed by atoms with E-state index < -0.39 is 12.9 Å². The van der Waals surface area contributed by atoms with Gasteiger partial charge in [0.25, 0.3) is 0 Å². The van der Waals surface area contributed by atoms with Gasteiger partial charge in [-0.1, -0.05) is 82.6 Å². The van der Waals surface area contributed by atoms with E-state index >= 15 is 0 Å². The van der Waals surface area contributed by atoms with Gasteiger partial charge in [0, 0.05) is 0 Å². The van der Waals surface area contributed by atoms with Crippen LogP contribution in [0.2, 0.25) is 0 Å². The van der Waals surface area contributed by atoms with Gasteiger partial charge in [0.05, 0.1) is 21.1 Å². The number of hydrogen-bond donors (Lipinski definition) is 3. The minimum atomic E-state index is -4.55. The molecule has 1 unspecified atom stereocenters. The molecule has 0 aromatic heterocycles. The van der Waals surface area contributed by atoms with Crippen molar-refractivity contribution >= 4 is 7.60 Å². The summed E-state index contributed by atoms with van der Waals surface area (Å²) in [5.41, 5.74) is 0. The highest BCUT2D eigenvalue weighted by molar-refractivity contribution is 7.53. The standard InChI is InChI=1S/C27H54NO4P/c1-5-6-7-8-9-10-11-12-13-14-15-16-17-18-19-20-21-22-23-24-25-27(29,33(30,31)32)26-28(2,3)4/h6-7,18-19,29H,5,8-17,20-26H2,1-4H3,(H-,30,31,32)/p+1/b7-6-,19-18-. The van der Waals surface area contributed by atoms with E-state index in [2.05, 4.69) is 31.2 Å². The molecule has 0 aliphatic carbocycles. The largest absolute Gasteiger partial charge is 0.373 e. The molecule has 0 aromatic carbocycles. The van der Waals surface area contributed by atoms with Crippen molar-refractivity contribution in [3.8, 4) is 0 Å². The number of unbranched alkanes of at least 4 members (excludes halogenated alkanes) is 13. The summed E-state index contributed by atoms with van der Waals surface area (Å²) in [6.07, 6.45) is 28.4. The molecule has 0 rings (SSSR count). The third-order valence-electron chi connectivity index (χ3n) is 6.03. The molecule has 1 atom stereocenters. The Kier molecular flexibility index (Phi) is 18.6. The van der Waals surface area contributed by atoms with E-state index in [4.69, 9.17) is 0 Å². The van der Waals surface area contributed by atoms with Gasteiger partial charge in [-0.15, -0.1) is 0 Å². The molecular formula is C27H55NO4P+. The lowest BCUT2D eigenvalue weighted by molar-refractivity contribution is -0.875. The van der Waals surface area contributed by atoms with Crippen LogP contribution in [0.4, 0.5) is 0 Å². The van der Waals surface area contributed by atoms with Crippen molar-refractivity contribution in [3.05, 3.63) is 24.3 Å². The topological polar surface area (TPSA) is 77.8 Å². The second-order valence-corrected chi connectivity index (χ2v) is 12.6. The fourth-order valence-electron chi connectivity index (χ4n) is 4.21. The summed E-state index contributed by atoms with van der Waals surface area (Å²) >= 11 is 0. The molecule has 6 heteroatoms. The normalized spacial score (nSPS) is 15.0. The van der Waals surface area contributed by atoms with Gasteiger partial charge < -0.3 is 19.4 Å². The maximum atomic E-state index is 11.8. The second kappa shape index (κ2) is 18.8. The highest BCUT2D eigenvalue weighted by atomic mass is 31.2. The van der Waals surface area contributed by atoms with Gasteiger partial charge >= 0.3 is 7.60 Å². The number of aliphatic hydroxyl groups is 1. The smallest absolute Gasteiger partial charge is 0.362 e. The number of rotatable bonds is 22. The van der Waals surface area contributed by atoms with Gasteiger partial charge in [0.15, 0.2) is 0 Å². The van der Waals surface area contributed by atoms with Crippen LogP contribution in [0.1, 0.15) is 116 Å². The molecule has 0 aliphatic rings. The SMILES string of the molecule is CC/C=C\CCCCCCCCCC/C=C\CCCCCCC(O)(C[N+](C)(C)C)P(=O)(O)O. The van der Waals surface area contributed by atoms with E-state index in [9.17, 15) is 19.5 Å². The summed E-state index contributed by atoms with van der Waals surface area (Å²) in [6.45, 7) is 2.24. The molecule has 0 fully saturated rings. The predicted molar refractivity (Wildman–Crippen MR) is 142 cm³/mol. The van der Waals surface area contributed by atoms with Gasteiger partial charge in [-0.3, -0.25) is 4.57 Å². The minimum Gasteiger partial charge on any atom is -0.373 e. The van der Waals surface area contributed by atoms with Gasteiger partial charge in [-0.25, -0.2) is 0 Å². The number of likely N-dealkylation sites (N-methyl/N-ethyl adjacent to an activating group) is 1. The van der Waals surface area contributed by atoms with Crippen LogP contribution in [0.5, 0.6) is 0 Å². The lowest BCUT2D eigenvalue weighted by atomic mass is 10.1. The maximum absolute atomic E-state index is 11.8. The molecule has 33 heavy (non-hydrogen) atoms. The molecule has 3 N–H and O–H groups in total. The zero-order valence-electron chi connectivity index (χ0n) is 22.2. The van der Waals surface area contributed by atoms with E-state index in [1.807, 2.05) is 21.1 Å². The average molecular weight is 489 g/mol. The first-order valence-corrected chi connectivity index (χ1v) is 15.0. The Morgan fingerprint density at radius 1 is 0.667 bits per heavy atom. The predicted octanol–water partition coefficient (Wildman–Crippen LogP) is 7.32. The zero-order valence-corrected chi connectivity index (χ0v) is 23.1. The van der Waals surface area contributed by atoms with Crippen LogP contribution in [0.15, 0.2) is 24.3 Å². The van der Waals surface area contributed by atoms with Crippen LogP contribution < -0.4 is 0 Å². The van der Waals surface area contributed by atoms with E-state index in [-0.39, 0.29) is 13.0 Å². The van der Waals surface area contributed by atoms with Crippen molar-refractivity contribution in [1.29, 1.82) is 0 Å². The highest BCUT2D eigenvalue weighted by Gasteiger charge is 2.48. The molecule has 0 bridgehead atoms. The molecule has 0 saturated carbocycles. The Hall–Kier alpha value is -0.450. The highest BCUT2D eigenvalue weighted by Crippen LogP contribution is 2.52. The van der Waals surface area contributed by atoms with E-state index in [1.54, 1.807) is 0 Å². The number of quaternary nitrogens is 1. The van der Waals surface area contributed by atoms with Gasteiger partial charge in [-0.05, 0) is 57.8 Å². The van der Waals surface area contributed by atoms with E-state index in [0.717, 1.165) is 32.1 Å². The Balaban J connectivity index is 3.61. The van der Waals surface area contributed by atoms with Crippen LogP contribution >= 0.6 is 7.60 Å².